The van der Waals surface area contributed by atoms with Crippen molar-refractivity contribution in [3.63, 3.8) is 0 Å². The molecule has 4 N–H and O–H groups in total. The van der Waals surface area contributed by atoms with Gasteiger partial charge in [0.15, 0.2) is 0 Å². The molecular weight excluding hydrogens is 425 g/mol. The Kier molecular flexibility index (Phi) is 7.94. The smallest absolute Gasteiger partial charge is 0.240 e. The SMILES string of the molecule is C=C(NCc1ccc(F)cc1)C1CCC(NS(=O)(=O)c2ccc(C#CCC)c(N)c2)CC1. The zero-order chi connectivity index (χ0) is 23.1. The normalized spacial score (nSPS) is 18.4. The molecule has 1 fully saturated rings. The van der Waals surface area contributed by atoms with Gasteiger partial charge >= 0.3 is 0 Å². The predicted octanol–water partition coefficient (Wildman–Crippen LogP) is 4.31. The molecule has 0 heterocycles. The van der Waals surface area contributed by atoms with Gasteiger partial charge in [0.1, 0.15) is 5.82 Å². The lowest BCUT2D eigenvalue weighted by atomic mass is 9.84. The van der Waals surface area contributed by atoms with Crippen LogP contribution in [0.25, 0.3) is 0 Å². The summed E-state index contributed by atoms with van der Waals surface area (Å²) in [6.07, 6.45) is 3.86. The maximum atomic E-state index is 13.0. The number of hydrogen-bond donors (Lipinski definition) is 3. The highest BCUT2D eigenvalue weighted by atomic mass is 32.2. The van der Waals surface area contributed by atoms with Crippen molar-refractivity contribution < 1.29 is 12.8 Å². The molecule has 170 valence electrons. The summed E-state index contributed by atoms with van der Waals surface area (Å²) in [6, 6.07) is 10.9. The van der Waals surface area contributed by atoms with Gasteiger partial charge in [-0.15, -0.1) is 0 Å². The second-order valence-corrected chi connectivity index (χ2v) is 9.79. The summed E-state index contributed by atoms with van der Waals surface area (Å²) in [5.41, 5.74) is 8.91. The van der Waals surface area contributed by atoms with Crippen LogP contribution in [0.1, 0.15) is 50.2 Å². The molecule has 32 heavy (non-hydrogen) atoms. The van der Waals surface area contributed by atoms with Gasteiger partial charge in [-0.25, -0.2) is 17.5 Å². The standard InChI is InChI=1S/C25H30FN3O2S/c1-3-4-5-21-10-15-24(16-25(21)27)32(30,31)29-23-13-8-20(9-14-23)18(2)28-17-19-6-11-22(26)12-7-19/h6-7,10-12,15-16,20,23,28-29H,2-3,8-9,13-14,17,27H2,1H3. The van der Waals surface area contributed by atoms with Crippen molar-refractivity contribution in [2.75, 3.05) is 5.73 Å². The second kappa shape index (κ2) is 10.7. The first kappa shape index (κ1) is 23.8. The summed E-state index contributed by atoms with van der Waals surface area (Å²) >= 11 is 0. The van der Waals surface area contributed by atoms with E-state index < -0.39 is 10.0 Å². The molecule has 0 aromatic heterocycles. The van der Waals surface area contributed by atoms with Crippen molar-refractivity contribution in [3.8, 4) is 11.8 Å². The Balaban J connectivity index is 1.52. The monoisotopic (exact) mass is 455 g/mol. The Morgan fingerprint density at radius 1 is 1.16 bits per heavy atom. The van der Waals surface area contributed by atoms with Crippen LogP contribution in [-0.4, -0.2) is 14.5 Å². The van der Waals surface area contributed by atoms with Crippen molar-refractivity contribution in [1.29, 1.82) is 0 Å². The van der Waals surface area contributed by atoms with Gasteiger partial charge in [0, 0.05) is 36.0 Å². The van der Waals surface area contributed by atoms with Crippen molar-refractivity contribution >= 4 is 15.7 Å². The fourth-order valence-corrected chi connectivity index (χ4v) is 5.15. The van der Waals surface area contributed by atoms with Crippen LogP contribution in [0.3, 0.4) is 0 Å². The molecule has 2 aromatic rings. The van der Waals surface area contributed by atoms with E-state index in [9.17, 15) is 12.8 Å². The molecule has 2 aromatic carbocycles. The zero-order valence-electron chi connectivity index (χ0n) is 18.3. The lowest BCUT2D eigenvalue weighted by Crippen LogP contribution is -2.38. The Morgan fingerprint density at radius 3 is 2.47 bits per heavy atom. The van der Waals surface area contributed by atoms with E-state index in [1.54, 1.807) is 24.3 Å². The minimum atomic E-state index is -3.65. The summed E-state index contributed by atoms with van der Waals surface area (Å²) in [4.78, 5) is 0.157. The van der Waals surface area contributed by atoms with Gasteiger partial charge in [0.05, 0.1) is 4.90 Å². The lowest BCUT2D eigenvalue weighted by Gasteiger charge is -2.30. The first-order chi connectivity index (χ1) is 15.3. The molecule has 0 aliphatic heterocycles. The summed E-state index contributed by atoms with van der Waals surface area (Å²) in [5, 5.41) is 3.32. The number of anilines is 1. The lowest BCUT2D eigenvalue weighted by molar-refractivity contribution is 0.335. The Labute approximate surface area is 190 Å². The van der Waals surface area contributed by atoms with E-state index in [4.69, 9.17) is 5.73 Å². The van der Waals surface area contributed by atoms with Gasteiger partial charge in [-0.05, 0) is 67.5 Å². The third kappa shape index (κ3) is 6.35. The van der Waals surface area contributed by atoms with Crippen molar-refractivity contribution in [2.45, 2.75) is 56.5 Å². The number of allylic oxidation sites excluding steroid dienone is 1. The summed E-state index contributed by atoms with van der Waals surface area (Å²) in [5.74, 6) is 5.91. The number of nitrogens with one attached hydrogen (secondary N) is 2. The molecule has 1 aliphatic carbocycles. The fraction of sp³-hybridized carbons (Fsp3) is 0.360. The molecule has 0 saturated heterocycles. The summed E-state index contributed by atoms with van der Waals surface area (Å²) in [7, 11) is -3.65. The third-order valence-electron chi connectivity index (χ3n) is 5.71. The van der Waals surface area contributed by atoms with E-state index in [-0.39, 0.29) is 22.7 Å². The number of halogens is 1. The average Bonchev–Trinajstić information content (AvgIpc) is 2.78. The van der Waals surface area contributed by atoms with Crippen LogP contribution in [-0.2, 0) is 16.6 Å². The minimum Gasteiger partial charge on any atom is -0.398 e. The van der Waals surface area contributed by atoms with E-state index in [1.807, 2.05) is 6.92 Å². The number of hydrogen-bond acceptors (Lipinski definition) is 4. The van der Waals surface area contributed by atoms with Crippen LogP contribution in [0.4, 0.5) is 10.1 Å². The molecule has 3 rings (SSSR count). The van der Waals surface area contributed by atoms with Crippen LogP contribution >= 0.6 is 0 Å². The molecule has 0 atom stereocenters. The maximum absolute atomic E-state index is 13.0. The van der Waals surface area contributed by atoms with E-state index in [0.717, 1.165) is 36.9 Å². The Morgan fingerprint density at radius 2 is 1.84 bits per heavy atom. The highest BCUT2D eigenvalue weighted by Gasteiger charge is 2.27. The highest BCUT2D eigenvalue weighted by Crippen LogP contribution is 2.29. The molecule has 0 spiro atoms. The van der Waals surface area contributed by atoms with E-state index >= 15 is 0 Å². The van der Waals surface area contributed by atoms with Gasteiger partial charge in [0.2, 0.25) is 10.0 Å². The van der Waals surface area contributed by atoms with Gasteiger partial charge < -0.3 is 11.1 Å². The Hall–Kier alpha value is -2.82. The summed E-state index contributed by atoms with van der Waals surface area (Å²) in [6.45, 7) is 6.68. The molecular formula is C25H30FN3O2S. The van der Waals surface area contributed by atoms with Crippen LogP contribution in [0, 0.1) is 23.6 Å². The van der Waals surface area contributed by atoms with Gasteiger partial charge in [-0.3, -0.25) is 0 Å². The molecule has 0 radical (unpaired) electrons. The number of benzene rings is 2. The zero-order valence-corrected chi connectivity index (χ0v) is 19.1. The molecule has 0 unspecified atom stereocenters. The van der Waals surface area contributed by atoms with Crippen LogP contribution in [0.5, 0.6) is 0 Å². The van der Waals surface area contributed by atoms with Crippen molar-refractivity contribution in [3.05, 3.63) is 71.7 Å². The van der Waals surface area contributed by atoms with Gasteiger partial charge in [0.25, 0.3) is 0 Å². The summed E-state index contributed by atoms with van der Waals surface area (Å²) < 4.78 is 41.5. The fourth-order valence-electron chi connectivity index (χ4n) is 3.81. The molecule has 1 saturated carbocycles. The predicted molar refractivity (Wildman–Crippen MR) is 126 cm³/mol. The van der Waals surface area contributed by atoms with Crippen LogP contribution in [0.2, 0.25) is 0 Å². The van der Waals surface area contributed by atoms with Crippen molar-refractivity contribution in [1.82, 2.24) is 10.0 Å². The van der Waals surface area contributed by atoms with Crippen molar-refractivity contribution in [2.24, 2.45) is 5.92 Å². The van der Waals surface area contributed by atoms with Crippen LogP contribution < -0.4 is 15.8 Å². The quantitative estimate of drug-likeness (QED) is 0.429. The highest BCUT2D eigenvalue weighted by molar-refractivity contribution is 7.89. The molecule has 0 bridgehead atoms. The first-order valence-corrected chi connectivity index (χ1v) is 12.3. The number of rotatable bonds is 7. The topological polar surface area (TPSA) is 84.2 Å². The van der Waals surface area contributed by atoms with E-state index in [1.165, 1.54) is 18.2 Å². The number of nitrogen functional groups attached to an aromatic ring is 1. The minimum absolute atomic E-state index is 0.123. The second-order valence-electron chi connectivity index (χ2n) is 8.08. The van der Waals surface area contributed by atoms with E-state index in [2.05, 4.69) is 28.5 Å². The van der Waals surface area contributed by atoms with Gasteiger partial charge in [-0.1, -0.05) is 37.5 Å². The maximum Gasteiger partial charge on any atom is 0.240 e. The number of nitrogens with two attached hydrogens (primary N) is 1. The molecule has 0 amide bonds. The van der Waals surface area contributed by atoms with Crippen LogP contribution in [0.15, 0.2) is 59.6 Å². The average molecular weight is 456 g/mol. The Bertz CT molecular complexity index is 1110. The van der Waals surface area contributed by atoms with Gasteiger partial charge in [-0.2, -0.15) is 0 Å². The third-order valence-corrected chi connectivity index (χ3v) is 7.23. The largest absolute Gasteiger partial charge is 0.398 e. The molecule has 5 nitrogen and oxygen atoms in total. The molecule has 1 aliphatic rings. The van der Waals surface area contributed by atoms with E-state index in [0.29, 0.717) is 24.2 Å². The number of sulfonamides is 1. The molecule has 7 heteroatoms. The first-order valence-electron chi connectivity index (χ1n) is 10.9.